The summed E-state index contributed by atoms with van der Waals surface area (Å²) < 4.78 is 35.6. The molecule has 8 aromatic heterocycles. The Balaban J connectivity index is 0.000000116. The average molecular weight is 1660 g/mol. The number of fused-ring (bicyclic) bond motifs is 20. The first-order chi connectivity index (χ1) is 60.8. The Bertz CT molecular complexity index is 8210. The first-order valence-corrected chi connectivity index (χ1v) is 43.4. The molecular formula is C108H72BClN8O4S2. The lowest BCUT2D eigenvalue weighted by Crippen LogP contribution is -2.41. The fraction of sp³-hybridized carbons (Fsp3) is 0.0556. The monoisotopic (exact) mass is 1650 g/mol. The molecule has 0 radical (unpaired) electrons. The molecule has 1 saturated heterocycles. The molecule has 24 aromatic rings. The molecule has 0 spiro atoms. The Morgan fingerprint density at radius 2 is 0.589 bits per heavy atom. The van der Waals surface area contributed by atoms with Gasteiger partial charge >= 0.3 is 7.12 Å². The van der Waals surface area contributed by atoms with E-state index in [1.165, 1.54) is 74.0 Å². The van der Waals surface area contributed by atoms with E-state index in [4.69, 9.17) is 44.7 Å². The normalized spacial score (nSPS) is 13.2. The van der Waals surface area contributed by atoms with Crippen LogP contribution in [0.4, 0.5) is 0 Å². The molecule has 25 rings (SSSR count). The van der Waals surface area contributed by atoms with Crippen LogP contribution in [0.2, 0.25) is 5.28 Å². The van der Waals surface area contributed by atoms with Gasteiger partial charge in [-0.25, -0.2) is 19.9 Å². The van der Waals surface area contributed by atoms with Crippen LogP contribution >= 0.6 is 34.3 Å². The van der Waals surface area contributed by atoms with E-state index in [-0.39, 0.29) is 5.28 Å². The van der Waals surface area contributed by atoms with E-state index in [0.29, 0.717) is 29.1 Å². The minimum Gasteiger partial charge on any atom is -0.456 e. The molecule has 9 heterocycles. The number of hydrogen-bond acceptors (Lipinski definition) is 12. The minimum atomic E-state index is -0.491. The highest BCUT2D eigenvalue weighted by Crippen LogP contribution is 2.50. The third-order valence-electron chi connectivity index (χ3n) is 24.4. The van der Waals surface area contributed by atoms with Crippen molar-refractivity contribution in [2.45, 2.75) is 38.9 Å². The number of rotatable bonds is 10. The zero-order chi connectivity index (χ0) is 82.9. The van der Waals surface area contributed by atoms with Crippen molar-refractivity contribution in [2.75, 3.05) is 0 Å². The number of hydrogen-bond donors (Lipinski definition) is 0. The van der Waals surface area contributed by atoms with Crippen LogP contribution in [0.15, 0.2) is 373 Å². The van der Waals surface area contributed by atoms with Gasteiger partial charge in [-0.3, -0.25) is 0 Å². The van der Waals surface area contributed by atoms with E-state index in [9.17, 15) is 0 Å². The first kappa shape index (κ1) is 74.5. The first-order valence-electron chi connectivity index (χ1n) is 41.4. The smallest absolute Gasteiger partial charge is 0.456 e. The quantitative estimate of drug-likeness (QED) is 0.122. The van der Waals surface area contributed by atoms with Crippen LogP contribution in [-0.4, -0.2) is 57.4 Å². The van der Waals surface area contributed by atoms with Crippen molar-refractivity contribution in [3.63, 3.8) is 0 Å². The molecule has 590 valence electrons. The summed E-state index contributed by atoms with van der Waals surface area (Å²) in [6.45, 7) is 8.47. The van der Waals surface area contributed by atoms with Gasteiger partial charge in [-0.1, -0.05) is 279 Å². The standard InChI is InChI=1S/C51H30N4OS.C36H28BNO3S.C21H14ClN3/c1-3-13-31(14-4-1)32-23-25-34(26-24-32)50-52-49(33-15-5-2-6-16-33)53-51(54-50)40-30-35(55-41-20-10-7-17-36(41)37-18-8-11-21-42(37)55)29-39-47-45(57-48(39)40)28-27-44-46(47)38-19-9-12-22-43(38)56-44;1-35(2)36(3,4)41-37(40-35)26-20-21(38-27-14-8-5-11-22(27)23-12-6-9-15-28(23)38)19-25-33-31(42-34(25)26)18-17-30-32(33)24-13-7-10-16-29(24)39-30;22-21-24-19(17-9-5-2-6-10-17)23-20(25-21)18-13-11-16(12-14-18)15-7-3-1-4-8-15/h1-30H;5-20H,1-4H3;1-14H. The molecule has 124 heavy (non-hydrogen) atoms. The number of para-hydroxylation sites is 6. The molecule has 16 aromatic carbocycles. The molecule has 1 fully saturated rings. The van der Waals surface area contributed by atoms with Gasteiger partial charge in [0.05, 0.1) is 33.3 Å². The molecule has 0 bridgehead atoms. The van der Waals surface area contributed by atoms with E-state index in [2.05, 4.69) is 319 Å². The zero-order valence-electron chi connectivity index (χ0n) is 67.6. The second kappa shape index (κ2) is 30.0. The van der Waals surface area contributed by atoms with Gasteiger partial charge in [-0.15, -0.1) is 22.7 Å². The Labute approximate surface area is 725 Å². The van der Waals surface area contributed by atoms with E-state index >= 15 is 0 Å². The SMILES string of the molecule is CC1(C)OB(c2cc(-n3c4ccccc4c4ccccc43)cc3c2sc2ccc4oc5ccccc5c4c23)OC1(C)C.Clc1nc(-c2ccccc2)nc(-c2ccc(-c3ccccc3)cc2)n1.c1ccc(-c2ccc(-c3nc(-c4ccccc4)nc(-c4cc(-n5c6ccccc6c6ccccc65)cc5c4sc4ccc6oc7ccccc7c6c45)n3)cc2)cc1. The number of furan rings is 2. The van der Waals surface area contributed by atoms with Gasteiger partial charge in [-0.05, 0) is 146 Å². The summed E-state index contributed by atoms with van der Waals surface area (Å²) in [6.07, 6.45) is 0. The van der Waals surface area contributed by atoms with Gasteiger partial charge in [0.2, 0.25) is 5.28 Å². The maximum Gasteiger partial charge on any atom is 0.496 e. The highest BCUT2D eigenvalue weighted by atomic mass is 35.5. The van der Waals surface area contributed by atoms with Crippen LogP contribution in [0.3, 0.4) is 0 Å². The van der Waals surface area contributed by atoms with Gasteiger partial charge in [0.1, 0.15) is 22.3 Å². The summed E-state index contributed by atoms with van der Waals surface area (Å²) in [7, 11) is -0.491. The number of halogens is 1. The summed E-state index contributed by atoms with van der Waals surface area (Å²) in [5.74, 6) is 3.01. The highest BCUT2D eigenvalue weighted by molar-refractivity contribution is 7.27. The maximum absolute atomic E-state index is 6.70. The minimum absolute atomic E-state index is 0.191. The summed E-state index contributed by atoms with van der Waals surface area (Å²) in [5.41, 5.74) is 19.7. The third kappa shape index (κ3) is 12.8. The van der Waals surface area contributed by atoms with Crippen LogP contribution < -0.4 is 5.46 Å². The van der Waals surface area contributed by atoms with Crippen molar-refractivity contribution in [2.24, 2.45) is 0 Å². The van der Waals surface area contributed by atoms with Crippen LogP contribution in [0, 0.1) is 0 Å². The Kier molecular flexibility index (Phi) is 18.0. The summed E-state index contributed by atoms with van der Waals surface area (Å²) in [5, 5.41) is 14.3. The summed E-state index contributed by atoms with van der Waals surface area (Å²) >= 11 is 9.69. The van der Waals surface area contributed by atoms with E-state index in [1.54, 1.807) is 22.7 Å². The van der Waals surface area contributed by atoms with Crippen LogP contribution in [-0.2, 0) is 9.31 Å². The predicted molar refractivity (Wildman–Crippen MR) is 514 cm³/mol. The molecular weight excluding hydrogens is 1580 g/mol. The van der Waals surface area contributed by atoms with Crippen molar-refractivity contribution in [3.8, 4) is 90.6 Å². The van der Waals surface area contributed by atoms with Gasteiger partial charge in [0.25, 0.3) is 0 Å². The average Bonchev–Trinajstić information content (AvgIpc) is 1.56. The highest BCUT2D eigenvalue weighted by Gasteiger charge is 2.52. The molecule has 0 saturated carbocycles. The van der Waals surface area contributed by atoms with Crippen molar-refractivity contribution >= 4 is 175 Å². The zero-order valence-corrected chi connectivity index (χ0v) is 70.0. The largest absolute Gasteiger partial charge is 0.496 e. The number of benzene rings is 16. The van der Waals surface area contributed by atoms with E-state index in [0.717, 1.165) is 121 Å². The van der Waals surface area contributed by atoms with Gasteiger partial charge in [0, 0.05) is 128 Å². The van der Waals surface area contributed by atoms with Gasteiger partial charge < -0.3 is 27.3 Å². The number of thiophene rings is 2. The van der Waals surface area contributed by atoms with E-state index < -0.39 is 18.3 Å². The fourth-order valence-electron chi connectivity index (χ4n) is 17.8. The molecule has 0 amide bonds. The second-order valence-electron chi connectivity index (χ2n) is 32.3. The molecule has 0 aliphatic carbocycles. The number of aromatic nitrogens is 8. The lowest BCUT2D eigenvalue weighted by Gasteiger charge is -2.32. The summed E-state index contributed by atoms with van der Waals surface area (Å²) in [4.78, 5) is 28.8. The van der Waals surface area contributed by atoms with Crippen molar-refractivity contribution in [3.05, 3.63) is 369 Å². The van der Waals surface area contributed by atoms with Crippen LogP contribution in [0.25, 0.3) is 218 Å². The van der Waals surface area contributed by atoms with E-state index in [1.807, 2.05) is 97.1 Å². The Morgan fingerprint density at radius 1 is 0.274 bits per heavy atom. The Hall–Kier alpha value is -14.5. The molecule has 0 atom stereocenters. The second-order valence-corrected chi connectivity index (χ2v) is 34.8. The molecule has 0 unspecified atom stereocenters. The molecule has 0 N–H and O–H groups in total. The predicted octanol–water partition coefficient (Wildman–Crippen LogP) is 28.8. The molecule has 16 heteroatoms. The topological polar surface area (TPSA) is 132 Å². The lowest BCUT2D eigenvalue weighted by molar-refractivity contribution is 0.00578. The molecule has 1 aliphatic heterocycles. The lowest BCUT2D eigenvalue weighted by atomic mass is 9.78. The molecule has 1 aliphatic rings. The maximum atomic E-state index is 6.70. The fourth-order valence-corrected chi connectivity index (χ4v) is 20.3. The third-order valence-corrected chi connectivity index (χ3v) is 27.0. The van der Waals surface area contributed by atoms with Crippen molar-refractivity contribution in [1.82, 2.24) is 39.0 Å². The Morgan fingerprint density at radius 3 is 1.01 bits per heavy atom. The number of nitrogens with zero attached hydrogens (tertiary/aromatic N) is 8. The summed E-state index contributed by atoms with van der Waals surface area (Å²) in [6, 6.07) is 126. The van der Waals surface area contributed by atoms with Crippen molar-refractivity contribution < 1.29 is 18.1 Å². The van der Waals surface area contributed by atoms with Gasteiger partial charge in [0.15, 0.2) is 29.1 Å². The van der Waals surface area contributed by atoms with Crippen LogP contribution in [0.1, 0.15) is 27.7 Å². The van der Waals surface area contributed by atoms with Gasteiger partial charge in [-0.2, -0.15) is 9.97 Å². The van der Waals surface area contributed by atoms with Crippen LogP contribution in [0.5, 0.6) is 0 Å². The molecule has 12 nitrogen and oxygen atoms in total. The van der Waals surface area contributed by atoms with Crippen molar-refractivity contribution in [1.29, 1.82) is 0 Å².